The fourth-order valence-electron chi connectivity index (χ4n) is 2.94. The summed E-state index contributed by atoms with van der Waals surface area (Å²) in [5.41, 5.74) is 1.64. The molecule has 0 bridgehead atoms. The average Bonchev–Trinajstić information content (AvgIpc) is 2.76. The molecule has 0 amide bonds. The van der Waals surface area contributed by atoms with Crippen molar-refractivity contribution in [3.63, 3.8) is 0 Å². The summed E-state index contributed by atoms with van der Waals surface area (Å²) in [5, 5.41) is 0.712. The van der Waals surface area contributed by atoms with E-state index in [2.05, 4.69) is 45.3 Å². The van der Waals surface area contributed by atoms with Gasteiger partial charge in [-0.2, -0.15) is 0 Å². The summed E-state index contributed by atoms with van der Waals surface area (Å²) in [7, 11) is 0. The number of nitrogens with one attached hydrogen (secondary N) is 1. The van der Waals surface area contributed by atoms with Crippen molar-refractivity contribution < 1.29 is 0 Å². The van der Waals surface area contributed by atoms with Crippen LogP contribution in [-0.4, -0.2) is 26.5 Å². The topological polar surface area (TPSA) is 58.6 Å². The number of hydrogen-bond acceptors (Lipinski definition) is 5. The van der Waals surface area contributed by atoms with Crippen LogP contribution in [0.4, 0.5) is 0 Å². The van der Waals surface area contributed by atoms with E-state index in [1.54, 1.807) is 30.4 Å². The van der Waals surface area contributed by atoms with Crippen LogP contribution in [0.15, 0.2) is 75.9 Å². The minimum absolute atomic E-state index is 0.0535. The summed E-state index contributed by atoms with van der Waals surface area (Å²) < 4.78 is 0. The highest BCUT2D eigenvalue weighted by atomic mass is 32.2. The van der Waals surface area contributed by atoms with Crippen LogP contribution in [0, 0.1) is 0 Å². The smallest absolute Gasteiger partial charge is 0.255 e. The highest BCUT2D eigenvalue weighted by Crippen LogP contribution is 2.20. The maximum Gasteiger partial charge on any atom is 0.255 e. The molecule has 0 aliphatic carbocycles. The molecule has 1 N–H and O–H groups in total. The van der Waals surface area contributed by atoms with Gasteiger partial charge in [-0.1, -0.05) is 55.3 Å². The van der Waals surface area contributed by atoms with E-state index in [1.165, 1.54) is 36.3 Å². The first-order valence-corrected chi connectivity index (χ1v) is 12.1. The Morgan fingerprint density at radius 2 is 1.59 bits per heavy atom. The Morgan fingerprint density at radius 3 is 2.31 bits per heavy atom. The molecule has 6 heteroatoms. The van der Waals surface area contributed by atoms with Gasteiger partial charge in [0.15, 0.2) is 5.16 Å². The number of aromatic amines is 1. The Kier molecular flexibility index (Phi) is 9.33. The molecule has 0 unspecified atom stereocenters. The molecular weight excluding hydrogens is 398 g/mol. The number of nitrogens with zero attached hydrogens (tertiary/aromatic N) is 2. The molecule has 2 aromatic heterocycles. The number of aromatic nitrogens is 3. The maximum absolute atomic E-state index is 12.3. The second-order valence-corrected chi connectivity index (χ2v) is 9.11. The van der Waals surface area contributed by atoms with Gasteiger partial charge < -0.3 is 4.98 Å². The molecule has 4 nitrogen and oxygen atoms in total. The lowest BCUT2D eigenvalue weighted by Gasteiger charge is -2.04. The van der Waals surface area contributed by atoms with Crippen molar-refractivity contribution in [1.29, 1.82) is 0 Å². The van der Waals surface area contributed by atoms with E-state index in [0.29, 0.717) is 17.1 Å². The highest BCUT2D eigenvalue weighted by molar-refractivity contribution is 7.99. The average molecular weight is 426 g/mol. The first-order chi connectivity index (χ1) is 14.3. The quantitative estimate of drug-likeness (QED) is 0.233. The monoisotopic (exact) mass is 425 g/mol. The number of benzene rings is 1. The lowest BCUT2D eigenvalue weighted by molar-refractivity contribution is 0.662. The second-order valence-electron chi connectivity index (χ2n) is 6.86. The van der Waals surface area contributed by atoms with E-state index in [-0.39, 0.29) is 5.56 Å². The molecule has 152 valence electrons. The molecule has 0 aliphatic heterocycles. The predicted molar refractivity (Wildman–Crippen MR) is 123 cm³/mol. The molecule has 0 radical (unpaired) electrons. The third-order valence-electron chi connectivity index (χ3n) is 4.51. The molecule has 3 rings (SSSR count). The van der Waals surface area contributed by atoms with Crippen molar-refractivity contribution in [1.82, 2.24) is 15.0 Å². The summed E-state index contributed by atoms with van der Waals surface area (Å²) in [6.07, 6.45) is 12.0. The van der Waals surface area contributed by atoms with Crippen molar-refractivity contribution in [2.75, 3.05) is 11.5 Å². The van der Waals surface area contributed by atoms with Gasteiger partial charge in [-0.05, 0) is 42.4 Å². The molecular formula is C23H27N3OS2. The zero-order valence-corrected chi connectivity index (χ0v) is 18.2. The number of rotatable bonds is 12. The summed E-state index contributed by atoms with van der Waals surface area (Å²) in [6.45, 7) is 0. The Bertz CT molecular complexity index is 901. The van der Waals surface area contributed by atoms with Gasteiger partial charge in [0, 0.05) is 41.2 Å². The van der Waals surface area contributed by atoms with Crippen molar-refractivity contribution in [3.8, 4) is 0 Å². The molecule has 0 atom stereocenters. The summed E-state index contributed by atoms with van der Waals surface area (Å²) >= 11 is 3.57. The van der Waals surface area contributed by atoms with Crippen molar-refractivity contribution in [2.24, 2.45) is 0 Å². The maximum atomic E-state index is 12.3. The van der Waals surface area contributed by atoms with E-state index in [1.807, 2.05) is 23.9 Å². The summed E-state index contributed by atoms with van der Waals surface area (Å²) in [5.74, 6) is 2.18. The first-order valence-electron chi connectivity index (χ1n) is 10.1. The number of unbranched alkanes of at least 4 members (excludes halogenated alkanes) is 4. The first kappa shape index (κ1) is 21.7. The van der Waals surface area contributed by atoms with Gasteiger partial charge in [-0.15, -0.1) is 11.8 Å². The largest absolute Gasteiger partial charge is 0.301 e. The molecule has 0 spiro atoms. The van der Waals surface area contributed by atoms with Gasteiger partial charge >= 0.3 is 0 Å². The third-order valence-corrected chi connectivity index (χ3v) is 6.58. The molecule has 1 aromatic carbocycles. The van der Waals surface area contributed by atoms with E-state index in [9.17, 15) is 4.79 Å². The fourth-order valence-corrected chi connectivity index (χ4v) is 4.70. The summed E-state index contributed by atoms with van der Waals surface area (Å²) in [6, 6.07) is 14.4. The normalized spacial score (nSPS) is 10.9. The molecule has 0 saturated heterocycles. The van der Waals surface area contributed by atoms with E-state index in [4.69, 9.17) is 0 Å². The number of pyridine rings is 1. The van der Waals surface area contributed by atoms with E-state index in [0.717, 1.165) is 17.7 Å². The predicted octanol–water partition coefficient (Wildman–Crippen LogP) is 5.59. The minimum Gasteiger partial charge on any atom is -0.301 e. The standard InChI is InChI=1S/C23H27N3OS2/c27-22-20(16-19-10-9-13-24-17-19)18-25-23(26-22)29-15-8-3-1-2-7-14-28-21-11-5-4-6-12-21/h4-6,9-13,17-18H,1-3,7-8,14-16H2,(H,25,26,27). The molecule has 0 fully saturated rings. The van der Waals surface area contributed by atoms with E-state index >= 15 is 0 Å². The van der Waals surface area contributed by atoms with Crippen LogP contribution >= 0.6 is 23.5 Å². The Morgan fingerprint density at radius 1 is 0.828 bits per heavy atom. The fraction of sp³-hybridized carbons (Fsp3) is 0.348. The Hall–Kier alpha value is -2.05. The van der Waals surface area contributed by atoms with Gasteiger partial charge in [-0.3, -0.25) is 9.78 Å². The van der Waals surface area contributed by atoms with Crippen molar-refractivity contribution in [3.05, 3.63) is 82.5 Å². The van der Waals surface area contributed by atoms with Crippen LogP contribution in [0.1, 0.15) is 43.2 Å². The zero-order chi connectivity index (χ0) is 20.2. The SMILES string of the molecule is O=c1[nH]c(SCCCCCCCSc2ccccc2)ncc1Cc1cccnc1. The van der Waals surface area contributed by atoms with Crippen LogP contribution in [-0.2, 0) is 6.42 Å². The highest BCUT2D eigenvalue weighted by Gasteiger charge is 2.05. The molecule has 3 aromatic rings. The minimum atomic E-state index is -0.0535. The van der Waals surface area contributed by atoms with Gasteiger partial charge in [0.2, 0.25) is 0 Å². The van der Waals surface area contributed by atoms with Crippen molar-refractivity contribution in [2.45, 2.75) is 48.6 Å². The number of H-pyrrole nitrogens is 1. The Labute approximate surface area is 181 Å². The van der Waals surface area contributed by atoms with Gasteiger partial charge in [0.25, 0.3) is 5.56 Å². The number of thioether (sulfide) groups is 2. The van der Waals surface area contributed by atoms with Crippen LogP contribution in [0.5, 0.6) is 0 Å². The lowest BCUT2D eigenvalue weighted by Crippen LogP contribution is -2.14. The van der Waals surface area contributed by atoms with Crippen LogP contribution in [0.2, 0.25) is 0 Å². The van der Waals surface area contributed by atoms with Gasteiger partial charge in [0.05, 0.1) is 0 Å². The molecule has 0 aliphatic rings. The Balaban J connectivity index is 1.27. The molecule has 0 saturated carbocycles. The van der Waals surface area contributed by atoms with Crippen molar-refractivity contribution >= 4 is 23.5 Å². The molecule has 29 heavy (non-hydrogen) atoms. The zero-order valence-electron chi connectivity index (χ0n) is 16.5. The summed E-state index contributed by atoms with van der Waals surface area (Å²) in [4.78, 5) is 25.0. The molecule has 2 heterocycles. The van der Waals surface area contributed by atoms with Gasteiger partial charge in [-0.25, -0.2) is 4.98 Å². The second kappa shape index (κ2) is 12.5. The van der Waals surface area contributed by atoms with Crippen LogP contribution in [0.25, 0.3) is 0 Å². The third kappa shape index (κ3) is 8.07. The number of hydrogen-bond donors (Lipinski definition) is 1. The van der Waals surface area contributed by atoms with Crippen LogP contribution < -0.4 is 5.56 Å². The van der Waals surface area contributed by atoms with Gasteiger partial charge in [0.1, 0.15) is 0 Å². The van der Waals surface area contributed by atoms with Crippen LogP contribution in [0.3, 0.4) is 0 Å². The lowest BCUT2D eigenvalue weighted by atomic mass is 10.1. The van der Waals surface area contributed by atoms with E-state index < -0.39 is 0 Å².